The van der Waals surface area contributed by atoms with Crippen LogP contribution in [0.4, 0.5) is 4.79 Å². The number of hydrogen-bond donors (Lipinski definition) is 1. The highest BCUT2D eigenvalue weighted by atomic mass is 16.5. The maximum Gasteiger partial charge on any atom is 0.417 e. The fourth-order valence-corrected chi connectivity index (χ4v) is 1.90. The molecule has 0 aliphatic carbocycles. The molecule has 2 heterocycles. The highest BCUT2D eigenvalue weighted by Gasteiger charge is 2.22. The number of pyridine rings is 1. The summed E-state index contributed by atoms with van der Waals surface area (Å²) in [5.41, 5.74) is 0.249. The first kappa shape index (κ1) is 15.0. The Morgan fingerprint density at radius 2 is 2.10 bits per heavy atom. The summed E-state index contributed by atoms with van der Waals surface area (Å²) in [7, 11) is 0. The van der Waals surface area contributed by atoms with Crippen molar-refractivity contribution in [3.8, 4) is 0 Å². The van der Waals surface area contributed by atoms with Crippen LogP contribution in [0, 0.1) is 5.41 Å². The normalized spacial score (nSPS) is 11.6. The second-order valence-electron chi connectivity index (χ2n) is 6.01. The lowest BCUT2D eigenvalue weighted by atomic mass is 9.93. The molecule has 2 rings (SSSR count). The van der Waals surface area contributed by atoms with Gasteiger partial charge < -0.3 is 9.84 Å². The van der Waals surface area contributed by atoms with Crippen molar-refractivity contribution in [2.75, 3.05) is 6.61 Å². The molecule has 0 atom stereocenters. The summed E-state index contributed by atoms with van der Waals surface area (Å²) in [4.78, 5) is 27.4. The van der Waals surface area contributed by atoms with Crippen LogP contribution in [-0.2, 0) is 4.74 Å². The molecule has 6 nitrogen and oxygen atoms in total. The molecule has 2 aromatic rings. The topological polar surface area (TPSA) is 81.4 Å². The lowest BCUT2D eigenvalue weighted by molar-refractivity contribution is 0.0452. The Balaban J connectivity index is 2.27. The van der Waals surface area contributed by atoms with E-state index >= 15 is 0 Å². The van der Waals surface area contributed by atoms with Crippen LogP contribution in [0.1, 0.15) is 37.7 Å². The zero-order chi connectivity index (χ0) is 15.6. The number of nitrogens with zero attached hydrogens (tertiary/aromatic N) is 2. The van der Waals surface area contributed by atoms with Crippen LogP contribution in [0.3, 0.4) is 0 Å². The number of esters is 1. The van der Waals surface area contributed by atoms with Gasteiger partial charge in [-0.1, -0.05) is 20.8 Å². The third kappa shape index (κ3) is 3.39. The second kappa shape index (κ2) is 5.55. The van der Waals surface area contributed by atoms with Crippen LogP contribution < -0.4 is 0 Å². The van der Waals surface area contributed by atoms with Gasteiger partial charge in [0.1, 0.15) is 11.3 Å². The molecular weight excluding hydrogens is 272 g/mol. The van der Waals surface area contributed by atoms with Gasteiger partial charge in [0.15, 0.2) is 0 Å². The third-order valence-electron chi connectivity index (χ3n) is 3.05. The van der Waals surface area contributed by atoms with Crippen LogP contribution in [-0.4, -0.2) is 33.3 Å². The summed E-state index contributed by atoms with van der Waals surface area (Å²) in [5.74, 6) is -0.653. The van der Waals surface area contributed by atoms with Gasteiger partial charge >= 0.3 is 12.1 Å². The summed E-state index contributed by atoms with van der Waals surface area (Å²) in [6, 6.07) is 4.87. The summed E-state index contributed by atoms with van der Waals surface area (Å²) >= 11 is 0. The average Bonchev–Trinajstić information content (AvgIpc) is 2.76. The van der Waals surface area contributed by atoms with E-state index in [1.54, 1.807) is 12.1 Å². The predicted octanol–water partition coefficient (Wildman–Crippen LogP) is 3.16. The van der Waals surface area contributed by atoms with Crippen molar-refractivity contribution < 1.29 is 19.4 Å². The Kier molecular flexibility index (Phi) is 3.97. The van der Waals surface area contributed by atoms with E-state index in [2.05, 4.69) is 4.98 Å². The molecule has 0 saturated heterocycles. The third-order valence-corrected chi connectivity index (χ3v) is 3.05. The maximum absolute atomic E-state index is 12.1. The Morgan fingerprint density at radius 3 is 2.71 bits per heavy atom. The molecule has 0 bridgehead atoms. The minimum absolute atomic E-state index is 0.0230. The molecule has 0 fully saturated rings. The molecule has 6 heteroatoms. The van der Waals surface area contributed by atoms with Crippen molar-refractivity contribution in [2.45, 2.75) is 27.2 Å². The summed E-state index contributed by atoms with van der Waals surface area (Å²) in [6.07, 6.45) is 0.923. The van der Waals surface area contributed by atoms with Gasteiger partial charge in [0, 0.05) is 11.6 Å². The highest BCUT2D eigenvalue weighted by molar-refractivity contribution is 5.99. The first-order valence-corrected chi connectivity index (χ1v) is 6.66. The largest absolute Gasteiger partial charge is 0.464 e. The van der Waals surface area contributed by atoms with Crippen LogP contribution in [0.15, 0.2) is 24.4 Å². The van der Waals surface area contributed by atoms with Gasteiger partial charge in [-0.2, -0.15) is 0 Å². The van der Waals surface area contributed by atoms with Crippen LogP contribution in [0.5, 0.6) is 0 Å². The smallest absolute Gasteiger partial charge is 0.417 e. The fourth-order valence-electron chi connectivity index (χ4n) is 1.90. The molecule has 2 aromatic heterocycles. The Bertz CT molecular complexity index is 683. The van der Waals surface area contributed by atoms with Gasteiger partial charge in [0.2, 0.25) is 0 Å². The van der Waals surface area contributed by atoms with Crippen molar-refractivity contribution in [3.63, 3.8) is 0 Å². The van der Waals surface area contributed by atoms with E-state index in [0.29, 0.717) is 11.8 Å². The van der Waals surface area contributed by atoms with E-state index in [1.165, 1.54) is 12.3 Å². The lowest BCUT2D eigenvalue weighted by Gasteiger charge is -2.17. The summed E-state index contributed by atoms with van der Waals surface area (Å²) < 4.78 is 6.03. The molecule has 0 unspecified atom stereocenters. The molecule has 0 aliphatic heterocycles. The number of fused-ring (bicyclic) bond motifs is 1. The standard InChI is InChI=1S/C15H18N2O4/c1-15(2,3)6-8-21-13(18)11-9-10-5-4-7-16-12(10)17(11)14(19)20/h4-5,7,9H,6,8H2,1-3H3,(H,19,20). The van der Waals surface area contributed by atoms with E-state index < -0.39 is 12.1 Å². The van der Waals surface area contributed by atoms with Crippen molar-refractivity contribution in [3.05, 3.63) is 30.1 Å². The molecule has 21 heavy (non-hydrogen) atoms. The van der Waals surface area contributed by atoms with E-state index in [1.807, 2.05) is 20.8 Å². The Labute approximate surface area is 122 Å². The van der Waals surface area contributed by atoms with Gasteiger partial charge in [-0.25, -0.2) is 19.1 Å². The quantitative estimate of drug-likeness (QED) is 0.878. The predicted molar refractivity (Wildman–Crippen MR) is 77.5 cm³/mol. The number of ether oxygens (including phenoxy) is 1. The van der Waals surface area contributed by atoms with Gasteiger partial charge in [0.25, 0.3) is 0 Å². The number of aromatic nitrogens is 2. The van der Waals surface area contributed by atoms with Gasteiger partial charge in [-0.3, -0.25) is 0 Å². The lowest BCUT2D eigenvalue weighted by Crippen LogP contribution is -2.19. The minimum atomic E-state index is -1.26. The maximum atomic E-state index is 12.1. The SMILES string of the molecule is CC(C)(C)CCOC(=O)c1cc2cccnc2n1C(=O)O. The summed E-state index contributed by atoms with van der Waals surface area (Å²) in [5, 5.41) is 9.86. The van der Waals surface area contributed by atoms with Crippen molar-refractivity contribution in [1.82, 2.24) is 9.55 Å². The van der Waals surface area contributed by atoms with Crippen LogP contribution >= 0.6 is 0 Å². The summed E-state index contributed by atoms with van der Waals surface area (Å²) in [6.45, 7) is 6.37. The van der Waals surface area contributed by atoms with E-state index in [0.717, 1.165) is 4.57 Å². The average molecular weight is 290 g/mol. The van der Waals surface area contributed by atoms with Crippen molar-refractivity contribution in [1.29, 1.82) is 0 Å². The molecule has 0 saturated carbocycles. The van der Waals surface area contributed by atoms with Crippen LogP contribution in [0.25, 0.3) is 11.0 Å². The number of rotatable bonds is 3. The molecule has 0 aromatic carbocycles. The number of carbonyl (C=O) groups excluding carboxylic acids is 1. The van der Waals surface area contributed by atoms with Crippen molar-refractivity contribution >= 4 is 23.1 Å². The monoisotopic (exact) mass is 290 g/mol. The zero-order valence-electron chi connectivity index (χ0n) is 12.3. The van der Waals surface area contributed by atoms with Crippen LogP contribution in [0.2, 0.25) is 0 Å². The van der Waals surface area contributed by atoms with Gasteiger partial charge in [-0.05, 0) is 30.0 Å². The Hall–Kier alpha value is -2.37. The van der Waals surface area contributed by atoms with Gasteiger partial charge in [0.05, 0.1) is 6.61 Å². The van der Waals surface area contributed by atoms with Crippen molar-refractivity contribution in [2.24, 2.45) is 5.41 Å². The molecular formula is C15H18N2O4. The van der Waals surface area contributed by atoms with E-state index in [-0.39, 0.29) is 23.4 Å². The van der Waals surface area contributed by atoms with E-state index in [9.17, 15) is 14.7 Å². The molecule has 0 radical (unpaired) electrons. The molecule has 0 spiro atoms. The second-order valence-corrected chi connectivity index (χ2v) is 6.01. The zero-order valence-corrected chi connectivity index (χ0v) is 12.3. The highest BCUT2D eigenvalue weighted by Crippen LogP contribution is 2.20. The fraction of sp³-hybridized carbons (Fsp3) is 0.400. The van der Waals surface area contributed by atoms with Gasteiger partial charge in [-0.15, -0.1) is 0 Å². The molecule has 112 valence electrons. The molecule has 0 aliphatic rings. The minimum Gasteiger partial charge on any atom is -0.464 e. The molecule has 0 amide bonds. The number of carboxylic acid groups (broad SMARTS) is 1. The number of hydrogen-bond acceptors (Lipinski definition) is 4. The number of carbonyl (C=O) groups is 2. The molecule has 1 N–H and O–H groups in total. The Morgan fingerprint density at radius 1 is 1.38 bits per heavy atom. The first-order valence-electron chi connectivity index (χ1n) is 6.66. The van der Waals surface area contributed by atoms with E-state index in [4.69, 9.17) is 4.74 Å². The first-order chi connectivity index (χ1) is 9.79.